The Morgan fingerprint density at radius 1 is 1.24 bits per heavy atom. The summed E-state index contributed by atoms with van der Waals surface area (Å²) in [7, 11) is 0. The molecule has 0 heterocycles. The van der Waals surface area contributed by atoms with E-state index in [4.69, 9.17) is 4.74 Å². The summed E-state index contributed by atoms with van der Waals surface area (Å²) in [4.78, 5) is 23.9. The van der Waals surface area contributed by atoms with Crippen LogP contribution in [-0.4, -0.2) is 24.0 Å². The van der Waals surface area contributed by atoms with Crippen LogP contribution in [0, 0.1) is 0 Å². The molecule has 0 aliphatic heterocycles. The molecule has 0 spiro atoms. The molecule has 1 aromatic carbocycles. The number of hydrogen-bond donors (Lipinski definition) is 1. The standard InChI is InChI=1S/C18H22F3NO3/c1-12(17(24)22-15-8-3-2-4-9-15)25-16(23)11-13-6-5-7-14(10-13)18(19,20)21/h5-7,10,12,15H,2-4,8-9,11H2,1H3,(H,22,24)/t12-/m1/s1. The molecule has 1 N–H and O–H groups in total. The zero-order valence-corrected chi connectivity index (χ0v) is 14.1. The first-order valence-corrected chi connectivity index (χ1v) is 8.41. The van der Waals surface area contributed by atoms with Crippen LogP contribution in [0.25, 0.3) is 0 Å². The van der Waals surface area contributed by atoms with Crippen LogP contribution in [0.3, 0.4) is 0 Å². The van der Waals surface area contributed by atoms with Crippen LogP contribution in [-0.2, 0) is 26.9 Å². The Kier molecular flexibility index (Phi) is 6.45. The molecule has 2 rings (SSSR count). The van der Waals surface area contributed by atoms with Gasteiger partial charge in [0.2, 0.25) is 0 Å². The van der Waals surface area contributed by atoms with Gasteiger partial charge in [-0.3, -0.25) is 9.59 Å². The molecule has 1 amide bonds. The van der Waals surface area contributed by atoms with Crippen LogP contribution in [0.15, 0.2) is 24.3 Å². The van der Waals surface area contributed by atoms with Gasteiger partial charge in [-0.25, -0.2) is 0 Å². The molecule has 138 valence electrons. The van der Waals surface area contributed by atoms with Gasteiger partial charge in [0.15, 0.2) is 6.10 Å². The van der Waals surface area contributed by atoms with E-state index in [1.54, 1.807) is 0 Å². The quantitative estimate of drug-likeness (QED) is 0.819. The second-order valence-electron chi connectivity index (χ2n) is 6.35. The number of esters is 1. The highest BCUT2D eigenvalue weighted by atomic mass is 19.4. The molecule has 0 saturated heterocycles. The van der Waals surface area contributed by atoms with Gasteiger partial charge in [-0.15, -0.1) is 0 Å². The van der Waals surface area contributed by atoms with Crippen molar-refractivity contribution in [2.75, 3.05) is 0 Å². The van der Waals surface area contributed by atoms with Crippen LogP contribution in [0.5, 0.6) is 0 Å². The van der Waals surface area contributed by atoms with E-state index in [1.807, 2.05) is 0 Å². The number of hydrogen-bond acceptors (Lipinski definition) is 3. The van der Waals surface area contributed by atoms with E-state index < -0.39 is 23.8 Å². The smallest absolute Gasteiger partial charge is 0.416 e. The van der Waals surface area contributed by atoms with Crippen molar-refractivity contribution in [3.8, 4) is 0 Å². The Morgan fingerprint density at radius 3 is 2.56 bits per heavy atom. The Labute approximate surface area is 144 Å². The van der Waals surface area contributed by atoms with Crippen LogP contribution in [0.1, 0.15) is 50.2 Å². The van der Waals surface area contributed by atoms with Gasteiger partial charge < -0.3 is 10.1 Å². The second kappa shape index (κ2) is 8.36. The highest BCUT2D eigenvalue weighted by molar-refractivity contribution is 5.84. The normalized spacial score (nSPS) is 17.0. The molecule has 0 bridgehead atoms. The van der Waals surface area contributed by atoms with Crippen LogP contribution < -0.4 is 5.32 Å². The van der Waals surface area contributed by atoms with Crippen molar-refractivity contribution >= 4 is 11.9 Å². The van der Waals surface area contributed by atoms with Gasteiger partial charge in [0.1, 0.15) is 0 Å². The number of alkyl halides is 3. The highest BCUT2D eigenvalue weighted by Gasteiger charge is 2.30. The van der Waals surface area contributed by atoms with Gasteiger partial charge in [-0.05, 0) is 31.4 Å². The average Bonchev–Trinajstić information content (AvgIpc) is 2.55. The summed E-state index contributed by atoms with van der Waals surface area (Å²) >= 11 is 0. The molecule has 1 aromatic rings. The zero-order chi connectivity index (χ0) is 18.4. The van der Waals surface area contributed by atoms with Crippen molar-refractivity contribution in [3.63, 3.8) is 0 Å². The fraction of sp³-hybridized carbons (Fsp3) is 0.556. The first kappa shape index (κ1) is 19.3. The van der Waals surface area contributed by atoms with Crippen molar-refractivity contribution in [1.29, 1.82) is 0 Å². The number of rotatable bonds is 5. The van der Waals surface area contributed by atoms with Gasteiger partial charge in [-0.2, -0.15) is 13.2 Å². The fourth-order valence-electron chi connectivity index (χ4n) is 2.88. The van der Waals surface area contributed by atoms with Crippen molar-refractivity contribution < 1.29 is 27.5 Å². The van der Waals surface area contributed by atoms with Gasteiger partial charge in [-0.1, -0.05) is 37.5 Å². The molecule has 0 radical (unpaired) electrons. The van der Waals surface area contributed by atoms with E-state index in [9.17, 15) is 22.8 Å². The minimum Gasteiger partial charge on any atom is -0.452 e. The lowest BCUT2D eigenvalue weighted by atomic mass is 9.95. The Bertz CT molecular complexity index is 610. The summed E-state index contributed by atoms with van der Waals surface area (Å²) in [6, 6.07) is 4.61. The number of ether oxygens (including phenoxy) is 1. The maximum Gasteiger partial charge on any atom is 0.416 e. The third-order valence-corrected chi connectivity index (χ3v) is 4.23. The summed E-state index contributed by atoms with van der Waals surface area (Å²) in [6.07, 6.45) is -0.636. The summed E-state index contributed by atoms with van der Waals surface area (Å²) in [5.41, 5.74) is -0.624. The molecular formula is C18H22F3NO3. The highest BCUT2D eigenvalue weighted by Crippen LogP contribution is 2.29. The topological polar surface area (TPSA) is 55.4 Å². The largest absolute Gasteiger partial charge is 0.452 e. The first-order valence-electron chi connectivity index (χ1n) is 8.41. The average molecular weight is 357 g/mol. The van der Waals surface area contributed by atoms with Crippen molar-refractivity contribution in [3.05, 3.63) is 35.4 Å². The maximum atomic E-state index is 12.7. The van der Waals surface area contributed by atoms with Crippen LogP contribution in [0.4, 0.5) is 13.2 Å². The van der Waals surface area contributed by atoms with E-state index in [0.717, 1.165) is 44.2 Å². The van der Waals surface area contributed by atoms with Crippen LogP contribution >= 0.6 is 0 Å². The van der Waals surface area contributed by atoms with Gasteiger partial charge in [0.05, 0.1) is 12.0 Å². The predicted octanol–water partition coefficient (Wildman–Crippen LogP) is 3.63. The lowest BCUT2D eigenvalue weighted by molar-refractivity contribution is -0.154. The minimum atomic E-state index is -4.47. The number of benzene rings is 1. The Morgan fingerprint density at radius 2 is 1.92 bits per heavy atom. The maximum absolute atomic E-state index is 12.7. The lowest BCUT2D eigenvalue weighted by Gasteiger charge is -2.24. The SMILES string of the molecule is C[C@@H](OC(=O)Cc1cccc(C(F)(F)F)c1)C(=O)NC1CCCCC1. The minimum absolute atomic E-state index is 0.103. The van der Waals surface area contributed by atoms with Crippen molar-refractivity contribution in [2.24, 2.45) is 0 Å². The summed E-state index contributed by atoms with van der Waals surface area (Å²) in [5, 5.41) is 2.85. The molecule has 1 aliphatic rings. The number of amides is 1. The molecule has 1 saturated carbocycles. The molecule has 4 nitrogen and oxygen atoms in total. The summed E-state index contributed by atoms with van der Waals surface area (Å²) in [5.74, 6) is -1.10. The van der Waals surface area contributed by atoms with E-state index in [0.29, 0.717) is 0 Å². The third-order valence-electron chi connectivity index (χ3n) is 4.23. The second-order valence-corrected chi connectivity index (χ2v) is 6.35. The predicted molar refractivity (Wildman–Crippen MR) is 85.7 cm³/mol. The van der Waals surface area contributed by atoms with E-state index in [1.165, 1.54) is 19.1 Å². The monoisotopic (exact) mass is 357 g/mol. The van der Waals surface area contributed by atoms with E-state index in [2.05, 4.69) is 5.32 Å². The number of halogens is 3. The lowest BCUT2D eigenvalue weighted by Crippen LogP contribution is -2.42. The molecular weight excluding hydrogens is 335 g/mol. The van der Waals surface area contributed by atoms with E-state index in [-0.39, 0.29) is 23.9 Å². The van der Waals surface area contributed by atoms with Gasteiger partial charge >= 0.3 is 12.1 Å². The number of nitrogens with one attached hydrogen (secondary N) is 1. The zero-order valence-electron chi connectivity index (χ0n) is 14.1. The molecule has 7 heteroatoms. The summed E-state index contributed by atoms with van der Waals surface area (Å²) < 4.78 is 43.1. The summed E-state index contributed by atoms with van der Waals surface area (Å²) in [6.45, 7) is 1.46. The van der Waals surface area contributed by atoms with Crippen molar-refractivity contribution in [1.82, 2.24) is 5.32 Å². The van der Waals surface area contributed by atoms with Gasteiger partial charge in [0.25, 0.3) is 5.91 Å². The molecule has 25 heavy (non-hydrogen) atoms. The fourth-order valence-corrected chi connectivity index (χ4v) is 2.88. The van der Waals surface area contributed by atoms with E-state index >= 15 is 0 Å². The Balaban J connectivity index is 1.85. The number of carbonyl (C=O) groups excluding carboxylic acids is 2. The number of carbonyl (C=O) groups is 2. The molecule has 1 aliphatic carbocycles. The van der Waals surface area contributed by atoms with Gasteiger partial charge in [0, 0.05) is 6.04 Å². The first-order chi connectivity index (χ1) is 11.8. The molecule has 1 fully saturated rings. The van der Waals surface area contributed by atoms with Crippen LogP contribution in [0.2, 0.25) is 0 Å². The Hall–Kier alpha value is -2.05. The van der Waals surface area contributed by atoms with Crippen molar-refractivity contribution in [2.45, 2.75) is 63.8 Å². The molecule has 0 unspecified atom stereocenters. The molecule has 1 atom stereocenters. The molecule has 0 aromatic heterocycles. The third kappa shape index (κ3) is 6.07.